The highest BCUT2D eigenvalue weighted by molar-refractivity contribution is 5.90. The molecular weight excluding hydrogens is 264 g/mol. The fourth-order valence-corrected chi connectivity index (χ4v) is 3.30. The number of carbonyl (C=O) groups excluding carboxylic acids is 1. The first-order valence-corrected chi connectivity index (χ1v) is 6.73. The predicted molar refractivity (Wildman–Crippen MR) is 76.4 cm³/mol. The minimum Gasteiger partial charge on any atom is -0.323 e. The first kappa shape index (κ1) is 14.3. The van der Waals surface area contributed by atoms with Gasteiger partial charge in [0.1, 0.15) is 0 Å². The summed E-state index contributed by atoms with van der Waals surface area (Å²) >= 11 is 0. The second-order valence-electron chi connectivity index (χ2n) is 5.63. The van der Waals surface area contributed by atoms with Crippen molar-refractivity contribution in [2.45, 2.75) is 44.2 Å². The summed E-state index contributed by atoms with van der Waals surface area (Å²) in [6.07, 6.45) is 9.02. The van der Waals surface area contributed by atoms with Crippen molar-refractivity contribution in [2.75, 3.05) is 5.32 Å². The lowest BCUT2D eigenvalue weighted by Gasteiger charge is -2.28. The van der Waals surface area contributed by atoms with Crippen LogP contribution in [0.1, 0.15) is 32.1 Å². The molecule has 2 fully saturated rings. The van der Waals surface area contributed by atoms with E-state index in [9.17, 15) is 4.79 Å². The molecule has 1 amide bonds. The highest BCUT2D eigenvalue weighted by Crippen LogP contribution is 2.32. The molecule has 2 N–H and O–H groups in total. The van der Waals surface area contributed by atoms with Crippen LogP contribution >= 0.6 is 12.4 Å². The van der Waals surface area contributed by atoms with Crippen molar-refractivity contribution >= 4 is 24.0 Å². The third-order valence-electron chi connectivity index (χ3n) is 4.03. The summed E-state index contributed by atoms with van der Waals surface area (Å²) in [5.41, 5.74) is 0.791. The molecule has 5 nitrogen and oxygen atoms in total. The molecule has 2 bridgehead atoms. The van der Waals surface area contributed by atoms with E-state index in [2.05, 4.69) is 15.7 Å². The molecule has 0 aliphatic carbocycles. The average molecular weight is 285 g/mol. The van der Waals surface area contributed by atoms with E-state index in [4.69, 9.17) is 0 Å². The predicted octanol–water partition coefficient (Wildman–Crippen LogP) is 1.70. The highest BCUT2D eigenvalue weighted by atomic mass is 35.5. The van der Waals surface area contributed by atoms with Crippen LogP contribution in [-0.2, 0) is 11.8 Å². The Morgan fingerprint density at radius 3 is 2.74 bits per heavy atom. The Labute approximate surface area is 119 Å². The van der Waals surface area contributed by atoms with Gasteiger partial charge in [-0.15, -0.1) is 12.4 Å². The summed E-state index contributed by atoms with van der Waals surface area (Å²) < 4.78 is 1.69. The number of halogens is 1. The lowest BCUT2D eigenvalue weighted by molar-refractivity contribution is -0.117. The molecule has 2 saturated heterocycles. The zero-order chi connectivity index (χ0) is 12.5. The van der Waals surface area contributed by atoms with Crippen LogP contribution in [0, 0.1) is 5.92 Å². The Hall–Kier alpha value is -1.07. The van der Waals surface area contributed by atoms with E-state index < -0.39 is 0 Å². The van der Waals surface area contributed by atoms with Crippen molar-refractivity contribution in [3.05, 3.63) is 12.4 Å². The Bertz CT molecular complexity index is 436. The SMILES string of the molecule is Cl.Cn1cc(NC(=O)CC2CC3CCC(C2)N3)cn1. The molecule has 1 aromatic heterocycles. The molecule has 106 valence electrons. The van der Waals surface area contributed by atoms with Gasteiger partial charge < -0.3 is 10.6 Å². The summed E-state index contributed by atoms with van der Waals surface area (Å²) in [4.78, 5) is 12.0. The maximum atomic E-state index is 12.0. The molecule has 0 radical (unpaired) electrons. The van der Waals surface area contributed by atoms with E-state index in [-0.39, 0.29) is 18.3 Å². The number of aryl methyl sites for hydroxylation is 1. The number of piperidine rings is 1. The Balaban J connectivity index is 0.00000133. The first-order chi connectivity index (χ1) is 8.69. The van der Waals surface area contributed by atoms with Gasteiger partial charge in [0.15, 0.2) is 0 Å². The quantitative estimate of drug-likeness (QED) is 0.888. The van der Waals surface area contributed by atoms with Crippen LogP contribution in [0.25, 0.3) is 0 Å². The summed E-state index contributed by atoms with van der Waals surface area (Å²) in [5, 5.41) is 10.6. The van der Waals surface area contributed by atoms with Gasteiger partial charge in [0, 0.05) is 31.7 Å². The number of carbonyl (C=O) groups is 1. The largest absolute Gasteiger partial charge is 0.323 e. The third-order valence-corrected chi connectivity index (χ3v) is 4.03. The maximum Gasteiger partial charge on any atom is 0.224 e. The monoisotopic (exact) mass is 284 g/mol. The van der Waals surface area contributed by atoms with Crippen molar-refractivity contribution < 1.29 is 4.79 Å². The van der Waals surface area contributed by atoms with Crippen LogP contribution in [0.3, 0.4) is 0 Å². The molecule has 2 atom stereocenters. The number of nitrogens with one attached hydrogen (secondary N) is 2. The van der Waals surface area contributed by atoms with E-state index in [0.29, 0.717) is 24.4 Å². The van der Waals surface area contributed by atoms with Crippen LogP contribution in [0.4, 0.5) is 5.69 Å². The number of fused-ring (bicyclic) bond motifs is 2. The number of hydrogen-bond donors (Lipinski definition) is 2. The smallest absolute Gasteiger partial charge is 0.224 e. The number of hydrogen-bond acceptors (Lipinski definition) is 3. The Morgan fingerprint density at radius 2 is 2.16 bits per heavy atom. The number of anilines is 1. The van der Waals surface area contributed by atoms with Gasteiger partial charge in [-0.1, -0.05) is 0 Å². The van der Waals surface area contributed by atoms with E-state index in [1.54, 1.807) is 10.9 Å². The molecule has 0 saturated carbocycles. The lowest BCUT2D eigenvalue weighted by atomic mass is 9.89. The van der Waals surface area contributed by atoms with Crippen molar-refractivity contribution in [2.24, 2.45) is 13.0 Å². The van der Waals surface area contributed by atoms with E-state index in [0.717, 1.165) is 18.5 Å². The summed E-state index contributed by atoms with van der Waals surface area (Å²) in [6, 6.07) is 1.31. The molecule has 1 aromatic rings. The average Bonchev–Trinajstić information content (AvgIpc) is 2.85. The van der Waals surface area contributed by atoms with E-state index >= 15 is 0 Å². The molecule has 0 spiro atoms. The maximum absolute atomic E-state index is 12.0. The van der Waals surface area contributed by atoms with Gasteiger partial charge in [0.25, 0.3) is 0 Å². The summed E-state index contributed by atoms with van der Waals surface area (Å²) in [7, 11) is 1.85. The van der Waals surface area contributed by atoms with Crippen molar-refractivity contribution in [3.8, 4) is 0 Å². The third kappa shape index (κ3) is 3.48. The Morgan fingerprint density at radius 1 is 1.47 bits per heavy atom. The number of rotatable bonds is 3. The number of aromatic nitrogens is 2. The molecular formula is C13H21ClN4O. The fraction of sp³-hybridized carbons (Fsp3) is 0.692. The van der Waals surface area contributed by atoms with Crippen LogP contribution in [0.2, 0.25) is 0 Å². The van der Waals surface area contributed by atoms with Crippen LogP contribution in [-0.4, -0.2) is 27.8 Å². The van der Waals surface area contributed by atoms with Gasteiger partial charge in [-0.3, -0.25) is 9.48 Å². The standard InChI is InChI=1S/C13H20N4O.ClH/c1-17-8-12(7-14-17)16-13(18)6-9-4-10-2-3-11(5-9)15-10;/h7-11,15H,2-6H2,1H3,(H,16,18);1H. The second kappa shape index (κ2) is 5.92. The van der Waals surface area contributed by atoms with Gasteiger partial charge in [-0.25, -0.2) is 0 Å². The van der Waals surface area contributed by atoms with Crippen LogP contribution in [0.15, 0.2) is 12.4 Å². The first-order valence-electron chi connectivity index (χ1n) is 6.73. The number of amides is 1. The van der Waals surface area contributed by atoms with Gasteiger partial charge >= 0.3 is 0 Å². The van der Waals surface area contributed by atoms with Gasteiger partial charge in [-0.2, -0.15) is 5.10 Å². The summed E-state index contributed by atoms with van der Waals surface area (Å²) in [6.45, 7) is 0. The minimum atomic E-state index is 0. The normalized spacial score (nSPS) is 28.8. The number of nitrogens with zero attached hydrogens (tertiary/aromatic N) is 2. The van der Waals surface area contributed by atoms with Gasteiger partial charge in [-0.05, 0) is 31.6 Å². The lowest BCUT2D eigenvalue weighted by Crippen LogP contribution is -2.39. The highest BCUT2D eigenvalue weighted by Gasteiger charge is 2.34. The van der Waals surface area contributed by atoms with Crippen LogP contribution < -0.4 is 10.6 Å². The molecule has 3 rings (SSSR count). The van der Waals surface area contributed by atoms with Crippen LogP contribution in [0.5, 0.6) is 0 Å². The topological polar surface area (TPSA) is 59.0 Å². The Kier molecular flexibility index (Phi) is 4.47. The molecule has 0 aromatic carbocycles. The fourth-order valence-electron chi connectivity index (χ4n) is 3.30. The van der Waals surface area contributed by atoms with E-state index in [1.165, 1.54) is 12.8 Å². The minimum absolute atomic E-state index is 0. The molecule has 3 heterocycles. The van der Waals surface area contributed by atoms with E-state index in [1.807, 2.05) is 13.2 Å². The van der Waals surface area contributed by atoms with Crippen molar-refractivity contribution in [1.29, 1.82) is 0 Å². The van der Waals surface area contributed by atoms with Gasteiger partial charge in [0.05, 0.1) is 11.9 Å². The zero-order valence-corrected chi connectivity index (χ0v) is 11.9. The molecule has 2 unspecified atom stereocenters. The zero-order valence-electron chi connectivity index (χ0n) is 11.1. The summed E-state index contributed by atoms with van der Waals surface area (Å²) in [5.74, 6) is 0.662. The van der Waals surface area contributed by atoms with Crippen molar-refractivity contribution in [3.63, 3.8) is 0 Å². The molecule has 19 heavy (non-hydrogen) atoms. The van der Waals surface area contributed by atoms with Crippen molar-refractivity contribution in [1.82, 2.24) is 15.1 Å². The molecule has 2 aliphatic rings. The van der Waals surface area contributed by atoms with Gasteiger partial charge in [0.2, 0.25) is 5.91 Å². The molecule has 6 heteroatoms. The second-order valence-corrected chi connectivity index (χ2v) is 5.63. The molecule has 2 aliphatic heterocycles.